The number of rotatable bonds is 3. The molecular formula is C21H21ClN2O4. The maximum absolute atomic E-state index is 12.9. The van der Waals surface area contributed by atoms with Crippen LogP contribution in [0.1, 0.15) is 11.1 Å². The molecule has 3 heterocycles. The number of piperazine rings is 1. The Labute approximate surface area is 168 Å². The Kier molecular flexibility index (Phi) is 4.53. The fourth-order valence-electron chi connectivity index (χ4n) is 3.98. The molecule has 1 atom stereocenters. The quantitative estimate of drug-likeness (QED) is 0.793. The molecule has 7 heteroatoms. The van der Waals surface area contributed by atoms with Crippen molar-refractivity contribution in [3.8, 4) is 17.2 Å². The fourth-order valence-corrected chi connectivity index (χ4v) is 4.18. The lowest BCUT2D eigenvalue weighted by Gasteiger charge is -2.35. The van der Waals surface area contributed by atoms with Crippen molar-refractivity contribution in [1.82, 2.24) is 9.80 Å². The topological polar surface area (TPSA) is 51.2 Å². The van der Waals surface area contributed by atoms with E-state index in [0.717, 1.165) is 42.4 Å². The highest BCUT2D eigenvalue weighted by Gasteiger charge is 2.34. The van der Waals surface area contributed by atoms with Crippen molar-refractivity contribution in [2.24, 2.45) is 0 Å². The molecule has 1 amide bonds. The van der Waals surface area contributed by atoms with Crippen molar-refractivity contribution in [2.45, 2.75) is 19.1 Å². The van der Waals surface area contributed by atoms with Crippen molar-refractivity contribution in [3.05, 3.63) is 52.5 Å². The monoisotopic (exact) mass is 400 g/mol. The summed E-state index contributed by atoms with van der Waals surface area (Å²) in [5, 5.41) is 0.674. The van der Waals surface area contributed by atoms with Gasteiger partial charge in [-0.3, -0.25) is 9.69 Å². The van der Waals surface area contributed by atoms with E-state index >= 15 is 0 Å². The Balaban J connectivity index is 1.16. The number of halogens is 1. The predicted molar refractivity (Wildman–Crippen MR) is 104 cm³/mol. The van der Waals surface area contributed by atoms with Gasteiger partial charge in [0, 0.05) is 44.2 Å². The van der Waals surface area contributed by atoms with Crippen LogP contribution in [0.4, 0.5) is 0 Å². The minimum atomic E-state index is -0.436. The van der Waals surface area contributed by atoms with Crippen LogP contribution in [-0.4, -0.2) is 54.8 Å². The van der Waals surface area contributed by atoms with Crippen molar-refractivity contribution in [2.75, 3.05) is 33.0 Å². The Morgan fingerprint density at radius 1 is 1.00 bits per heavy atom. The van der Waals surface area contributed by atoms with Crippen LogP contribution in [0, 0.1) is 0 Å². The van der Waals surface area contributed by atoms with Gasteiger partial charge < -0.3 is 19.1 Å². The Hall–Kier alpha value is -2.44. The highest BCUT2D eigenvalue weighted by Crippen LogP contribution is 2.33. The standard InChI is InChI=1S/C21H21ClN2O4/c22-16-2-4-17-15(10-16)11-20(28-17)21(25)24-7-5-23(6-8-24)12-14-1-3-18-19(9-14)27-13-26-18/h1-4,9-10,20H,5-8,11-13H2. The van der Waals surface area contributed by atoms with Gasteiger partial charge in [-0.2, -0.15) is 0 Å². The van der Waals surface area contributed by atoms with Gasteiger partial charge in [0.25, 0.3) is 5.91 Å². The van der Waals surface area contributed by atoms with E-state index in [-0.39, 0.29) is 5.91 Å². The van der Waals surface area contributed by atoms with Gasteiger partial charge in [-0.15, -0.1) is 0 Å². The summed E-state index contributed by atoms with van der Waals surface area (Å²) >= 11 is 6.04. The third kappa shape index (κ3) is 3.38. The lowest BCUT2D eigenvalue weighted by molar-refractivity contribution is -0.139. The largest absolute Gasteiger partial charge is 0.480 e. The number of fused-ring (bicyclic) bond motifs is 2. The first-order valence-corrected chi connectivity index (χ1v) is 9.88. The molecule has 2 aromatic rings. The molecule has 0 bridgehead atoms. The van der Waals surface area contributed by atoms with E-state index in [1.165, 1.54) is 5.56 Å². The van der Waals surface area contributed by atoms with E-state index in [0.29, 0.717) is 31.3 Å². The Bertz CT molecular complexity index is 911. The molecule has 0 spiro atoms. The zero-order valence-corrected chi connectivity index (χ0v) is 16.2. The van der Waals surface area contributed by atoms with Gasteiger partial charge in [-0.05, 0) is 41.5 Å². The molecule has 2 aromatic carbocycles. The van der Waals surface area contributed by atoms with E-state index in [4.69, 9.17) is 25.8 Å². The molecule has 1 fully saturated rings. The minimum Gasteiger partial charge on any atom is -0.480 e. The minimum absolute atomic E-state index is 0.0649. The van der Waals surface area contributed by atoms with Crippen molar-refractivity contribution in [3.63, 3.8) is 0 Å². The molecule has 0 saturated carbocycles. The third-order valence-electron chi connectivity index (χ3n) is 5.50. The van der Waals surface area contributed by atoms with Gasteiger partial charge in [0.1, 0.15) is 5.75 Å². The number of amides is 1. The summed E-state index contributed by atoms with van der Waals surface area (Å²) in [6, 6.07) is 11.6. The second kappa shape index (κ2) is 7.18. The number of benzene rings is 2. The summed E-state index contributed by atoms with van der Waals surface area (Å²) in [5.74, 6) is 2.45. The molecule has 146 valence electrons. The van der Waals surface area contributed by atoms with Crippen LogP contribution in [0.25, 0.3) is 0 Å². The van der Waals surface area contributed by atoms with E-state index in [9.17, 15) is 4.79 Å². The van der Waals surface area contributed by atoms with Gasteiger partial charge >= 0.3 is 0 Å². The lowest BCUT2D eigenvalue weighted by atomic mass is 10.1. The number of carbonyl (C=O) groups is 1. The first kappa shape index (κ1) is 17.6. The smallest absolute Gasteiger partial charge is 0.264 e. The first-order chi connectivity index (χ1) is 13.7. The summed E-state index contributed by atoms with van der Waals surface area (Å²) in [5.41, 5.74) is 2.20. The number of hydrogen-bond donors (Lipinski definition) is 0. The maximum Gasteiger partial charge on any atom is 0.264 e. The van der Waals surface area contributed by atoms with E-state index in [1.807, 2.05) is 29.2 Å². The molecule has 6 nitrogen and oxygen atoms in total. The number of hydrogen-bond acceptors (Lipinski definition) is 5. The molecule has 28 heavy (non-hydrogen) atoms. The van der Waals surface area contributed by atoms with Crippen LogP contribution in [0.2, 0.25) is 5.02 Å². The van der Waals surface area contributed by atoms with Crippen LogP contribution in [-0.2, 0) is 17.8 Å². The van der Waals surface area contributed by atoms with Gasteiger partial charge in [0.15, 0.2) is 17.6 Å². The third-order valence-corrected chi connectivity index (χ3v) is 5.73. The zero-order chi connectivity index (χ0) is 19.1. The molecule has 0 radical (unpaired) electrons. The van der Waals surface area contributed by atoms with Crippen LogP contribution >= 0.6 is 11.6 Å². The molecule has 1 unspecified atom stereocenters. The maximum atomic E-state index is 12.9. The number of ether oxygens (including phenoxy) is 3. The van der Waals surface area contributed by atoms with Crippen LogP contribution in [0.5, 0.6) is 17.2 Å². The average Bonchev–Trinajstić information content (AvgIpc) is 3.34. The molecule has 0 N–H and O–H groups in total. The number of nitrogens with zero attached hydrogens (tertiary/aromatic N) is 2. The molecular weight excluding hydrogens is 380 g/mol. The lowest BCUT2D eigenvalue weighted by Crippen LogP contribution is -2.51. The molecule has 3 aliphatic heterocycles. The van der Waals surface area contributed by atoms with Crippen LogP contribution in [0.15, 0.2) is 36.4 Å². The molecule has 1 saturated heterocycles. The second-order valence-electron chi connectivity index (χ2n) is 7.35. The average molecular weight is 401 g/mol. The van der Waals surface area contributed by atoms with Crippen LogP contribution in [0.3, 0.4) is 0 Å². The summed E-state index contributed by atoms with van der Waals surface area (Å²) in [6.07, 6.45) is 0.153. The summed E-state index contributed by atoms with van der Waals surface area (Å²) in [7, 11) is 0. The Morgan fingerprint density at radius 2 is 1.79 bits per heavy atom. The van der Waals surface area contributed by atoms with Gasteiger partial charge in [0.05, 0.1) is 0 Å². The summed E-state index contributed by atoms with van der Waals surface area (Å²) < 4.78 is 16.7. The van der Waals surface area contributed by atoms with E-state index < -0.39 is 6.10 Å². The highest BCUT2D eigenvalue weighted by atomic mass is 35.5. The predicted octanol–water partition coefficient (Wildman–Crippen LogP) is 2.72. The van der Waals surface area contributed by atoms with Crippen molar-refractivity contribution in [1.29, 1.82) is 0 Å². The van der Waals surface area contributed by atoms with Gasteiger partial charge in [0.2, 0.25) is 6.79 Å². The molecule has 0 aliphatic carbocycles. The Morgan fingerprint density at radius 3 is 2.64 bits per heavy atom. The van der Waals surface area contributed by atoms with Gasteiger partial charge in [-0.1, -0.05) is 17.7 Å². The van der Waals surface area contributed by atoms with Gasteiger partial charge in [-0.25, -0.2) is 0 Å². The van der Waals surface area contributed by atoms with Crippen molar-refractivity contribution < 1.29 is 19.0 Å². The molecule has 0 aromatic heterocycles. The van der Waals surface area contributed by atoms with E-state index in [1.54, 1.807) is 6.07 Å². The van der Waals surface area contributed by atoms with E-state index in [2.05, 4.69) is 11.0 Å². The van der Waals surface area contributed by atoms with Crippen LogP contribution < -0.4 is 14.2 Å². The summed E-state index contributed by atoms with van der Waals surface area (Å²) in [4.78, 5) is 17.1. The first-order valence-electron chi connectivity index (χ1n) is 9.50. The SMILES string of the molecule is O=C(C1Cc2cc(Cl)ccc2O1)N1CCN(Cc2ccc3c(c2)OCO3)CC1. The highest BCUT2D eigenvalue weighted by molar-refractivity contribution is 6.30. The molecule has 5 rings (SSSR count). The number of carbonyl (C=O) groups excluding carboxylic acids is 1. The second-order valence-corrected chi connectivity index (χ2v) is 7.79. The molecule has 3 aliphatic rings. The fraction of sp³-hybridized carbons (Fsp3) is 0.381. The van der Waals surface area contributed by atoms with Crippen molar-refractivity contribution >= 4 is 17.5 Å². The normalized spacial score (nSPS) is 20.8. The summed E-state index contributed by atoms with van der Waals surface area (Å²) in [6.45, 7) is 4.22. The zero-order valence-electron chi connectivity index (χ0n) is 15.4.